The summed E-state index contributed by atoms with van der Waals surface area (Å²) in [7, 11) is 1.82. The first-order valence-electron chi connectivity index (χ1n) is 6.17. The number of rotatable bonds is 9. The van der Waals surface area contributed by atoms with Gasteiger partial charge in [0.15, 0.2) is 0 Å². The van der Waals surface area contributed by atoms with Crippen molar-refractivity contribution in [1.29, 1.82) is 0 Å². The van der Waals surface area contributed by atoms with Gasteiger partial charge in [-0.25, -0.2) is 8.78 Å². The fourth-order valence-electron chi connectivity index (χ4n) is 1.63. The van der Waals surface area contributed by atoms with Crippen LogP contribution in [0, 0.1) is 0 Å². The van der Waals surface area contributed by atoms with Crippen LogP contribution in [-0.4, -0.2) is 31.6 Å². The minimum Gasteiger partial charge on any atom is -0.377 e. The summed E-state index contributed by atoms with van der Waals surface area (Å²) in [5, 5.41) is 14.7. The number of hydrogen-bond acceptors (Lipinski definition) is 3. The van der Waals surface area contributed by atoms with Crippen LogP contribution >= 0.6 is 0 Å². The van der Waals surface area contributed by atoms with E-state index in [1.165, 1.54) is 19.9 Å². The molecule has 0 amide bonds. The van der Waals surface area contributed by atoms with Crippen LogP contribution in [0.5, 0.6) is 0 Å². The number of aliphatic hydroxyl groups excluding tert-OH is 1. The molecule has 3 nitrogen and oxygen atoms in total. The van der Waals surface area contributed by atoms with Gasteiger partial charge in [0, 0.05) is 12.1 Å². The molecule has 0 aromatic carbocycles. The highest BCUT2D eigenvalue weighted by Crippen LogP contribution is 2.18. The minimum atomic E-state index is -1.00. The average molecular weight is 262 g/mol. The molecule has 0 bridgehead atoms. The number of alkyl halides is 1. The van der Waals surface area contributed by atoms with Crippen LogP contribution in [0.15, 0.2) is 23.2 Å². The number of allylic oxidation sites excluding steroid dienone is 3. The van der Waals surface area contributed by atoms with Gasteiger partial charge in [-0.3, -0.25) is 0 Å². The molecule has 0 rings (SSSR count). The zero-order valence-corrected chi connectivity index (χ0v) is 11.4. The Kier molecular flexibility index (Phi) is 9.50. The van der Waals surface area contributed by atoms with Gasteiger partial charge in [-0.15, -0.1) is 0 Å². The number of hydrogen-bond donors (Lipinski definition) is 3. The van der Waals surface area contributed by atoms with Crippen molar-refractivity contribution in [2.24, 2.45) is 0 Å². The summed E-state index contributed by atoms with van der Waals surface area (Å²) in [5.41, 5.74) is 1.58. The van der Waals surface area contributed by atoms with Gasteiger partial charge >= 0.3 is 0 Å². The highest BCUT2D eigenvalue weighted by Gasteiger charge is 2.09. The predicted molar refractivity (Wildman–Crippen MR) is 70.5 cm³/mol. The average Bonchev–Trinajstić information content (AvgIpc) is 2.28. The lowest BCUT2D eigenvalue weighted by Crippen LogP contribution is -2.20. The first-order chi connectivity index (χ1) is 8.51. The monoisotopic (exact) mass is 262 g/mol. The Morgan fingerprint density at radius 1 is 1.44 bits per heavy atom. The minimum absolute atomic E-state index is 0.207. The summed E-state index contributed by atoms with van der Waals surface area (Å²) in [5.74, 6) is -0.256. The molecule has 0 aliphatic carbocycles. The molecule has 0 aromatic heterocycles. The third-order valence-corrected chi connectivity index (χ3v) is 2.51. The summed E-state index contributed by atoms with van der Waals surface area (Å²) in [6, 6.07) is 0. The highest BCUT2D eigenvalue weighted by atomic mass is 19.1. The maximum absolute atomic E-state index is 13.1. The van der Waals surface area contributed by atoms with E-state index in [4.69, 9.17) is 5.11 Å². The summed E-state index contributed by atoms with van der Waals surface area (Å²) >= 11 is 0. The molecule has 1 unspecified atom stereocenters. The molecule has 0 saturated heterocycles. The van der Waals surface area contributed by atoms with E-state index < -0.39 is 6.17 Å². The molecule has 0 spiro atoms. The Hall–Kier alpha value is -0.940. The molecule has 0 aliphatic rings. The largest absolute Gasteiger partial charge is 0.377 e. The maximum atomic E-state index is 13.1. The van der Waals surface area contributed by atoms with Crippen molar-refractivity contribution in [1.82, 2.24) is 10.6 Å². The summed E-state index contributed by atoms with van der Waals surface area (Å²) in [6.07, 6.45) is 1.79. The zero-order chi connectivity index (χ0) is 14.0. The Bertz CT molecular complexity index is 285. The van der Waals surface area contributed by atoms with E-state index in [1.807, 2.05) is 7.05 Å². The molecule has 106 valence electrons. The van der Waals surface area contributed by atoms with Crippen molar-refractivity contribution in [3.8, 4) is 0 Å². The Morgan fingerprint density at radius 3 is 2.56 bits per heavy atom. The smallest absolute Gasteiger partial charge is 0.113 e. The molecule has 0 saturated carbocycles. The van der Waals surface area contributed by atoms with Crippen molar-refractivity contribution < 1.29 is 13.9 Å². The van der Waals surface area contributed by atoms with Gasteiger partial charge in [0.2, 0.25) is 0 Å². The van der Waals surface area contributed by atoms with Crippen LogP contribution in [0.3, 0.4) is 0 Å². The van der Waals surface area contributed by atoms with Crippen LogP contribution < -0.4 is 10.6 Å². The SMILES string of the molecule is CNCC/C(C/C=C(/C)F)=C(/CC(C)F)NCO. The van der Waals surface area contributed by atoms with E-state index >= 15 is 0 Å². The van der Waals surface area contributed by atoms with Crippen LogP contribution in [0.2, 0.25) is 0 Å². The molecule has 0 fully saturated rings. The molecular weight excluding hydrogens is 238 g/mol. The second-order valence-electron chi connectivity index (χ2n) is 4.25. The van der Waals surface area contributed by atoms with Crippen molar-refractivity contribution in [3.05, 3.63) is 23.2 Å². The molecule has 0 aromatic rings. The third kappa shape index (κ3) is 8.20. The lowest BCUT2D eigenvalue weighted by molar-refractivity contribution is 0.265. The number of nitrogens with one attached hydrogen (secondary N) is 2. The first kappa shape index (κ1) is 17.1. The lowest BCUT2D eigenvalue weighted by atomic mass is 10.0. The predicted octanol–water partition coefficient (Wildman–Crippen LogP) is 2.40. The van der Waals surface area contributed by atoms with Crippen molar-refractivity contribution in [3.63, 3.8) is 0 Å². The quantitative estimate of drug-likeness (QED) is 0.559. The molecule has 18 heavy (non-hydrogen) atoms. The topological polar surface area (TPSA) is 44.3 Å². The molecule has 5 heteroatoms. The van der Waals surface area contributed by atoms with E-state index in [0.717, 1.165) is 12.1 Å². The van der Waals surface area contributed by atoms with E-state index in [2.05, 4.69) is 10.6 Å². The number of aliphatic hydroxyl groups is 1. The third-order valence-electron chi connectivity index (χ3n) is 2.51. The Morgan fingerprint density at radius 2 is 2.11 bits per heavy atom. The van der Waals surface area contributed by atoms with Crippen molar-refractivity contribution >= 4 is 0 Å². The summed E-state index contributed by atoms with van der Waals surface area (Å²) in [4.78, 5) is 0. The summed E-state index contributed by atoms with van der Waals surface area (Å²) < 4.78 is 25.9. The van der Waals surface area contributed by atoms with Gasteiger partial charge in [0.1, 0.15) is 12.9 Å². The lowest BCUT2D eigenvalue weighted by Gasteiger charge is -2.16. The van der Waals surface area contributed by atoms with Crippen molar-refractivity contribution in [2.75, 3.05) is 20.3 Å². The van der Waals surface area contributed by atoms with Crippen LogP contribution in [-0.2, 0) is 0 Å². The van der Waals surface area contributed by atoms with Gasteiger partial charge in [-0.2, -0.15) is 0 Å². The number of halogens is 2. The maximum Gasteiger partial charge on any atom is 0.113 e. The fraction of sp³-hybridized carbons (Fsp3) is 0.692. The van der Waals surface area contributed by atoms with Gasteiger partial charge in [0.25, 0.3) is 0 Å². The summed E-state index contributed by atoms with van der Waals surface area (Å²) in [6.45, 7) is 3.33. The van der Waals surface area contributed by atoms with Crippen molar-refractivity contribution in [2.45, 2.75) is 39.3 Å². The molecule has 3 N–H and O–H groups in total. The van der Waals surface area contributed by atoms with E-state index in [0.29, 0.717) is 18.5 Å². The highest BCUT2D eigenvalue weighted by molar-refractivity contribution is 5.17. The normalized spacial score (nSPS) is 15.3. The zero-order valence-electron chi connectivity index (χ0n) is 11.4. The molecular formula is C13H24F2N2O. The fourth-order valence-corrected chi connectivity index (χ4v) is 1.63. The second kappa shape index (κ2) is 10.0. The van der Waals surface area contributed by atoms with Gasteiger partial charge in [0.05, 0.1) is 5.83 Å². The van der Waals surface area contributed by atoms with Crippen LogP contribution in [0.1, 0.15) is 33.1 Å². The van der Waals surface area contributed by atoms with E-state index in [1.54, 1.807) is 0 Å². The van der Waals surface area contributed by atoms with Gasteiger partial charge in [-0.05, 0) is 51.9 Å². The van der Waals surface area contributed by atoms with Crippen LogP contribution in [0.4, 0.5) is 8.78 Å². The Labute approximate surface area is 108 Å². The Balaban J connectivity index is 4.92. The van der Waals surface area contributed by atoms with Gasteiger partial charge in [-0.1, -0.05) is 0 Å². The molecule has 0 radical (unpaired) electrons. The van der Waals surface area contributed by atoms with Gasteiger partial charge < -0.3 is 15.7 Å². The van der Waals surface area contributed by atoms with E-state index in [-0.39, 0.29) is 19.0 Å². The molecule has 1 atom stereocenters. The second-order valence-corrected chi connectivity index (χ2v) is 4.25. The standard InChI is InChI=1S/C13H24F2N2O/c1-10(14)4-5-12(6-7-16-3)13(17-9-18)8-11(2)15/h4,11,16-18H,5-9H2,1-3H3/b10-4-,13-12-. The van der Waals surface area contributed by atoms with Crippen LogP contribution in [0.25, 0.3) is 0 Å². The van der Waals surface area contributed by atoms with E-state index in [9.17, 15) is 8.78 Å². The molecule has 0 aliphatic heterocycles. The first-order valence-corrected chi connectivity index (χ1v) is 6.17. The molecule has 0 heterocycles.